The molecule has 2 atom stereocenters. The second-order valence-electron chi connectivity index (χ2n) is 4.23. The maximum absolute atomic E-state index is 10.4. The van der Waals surface area contributed by atoms with E-state index in [0.717, 1.165) is 6.42 Å². The Morgan fingerprint density at radius 1 is 1.10 bits per heavy atom. The van der Waals surface area contributed by atoms with Gasteiger partial charge in [-0.3, -0.25) is 14.4 Å². The van der Waals surface area contributed by atoms with Crippen LogP contribution in [0.5, 0.6) is 0 Å². The first-order valence-electron chi connectivity index (χ1n) is 6.53. The average molecular weight is 308 g/mol. The molecular formula is C12H24N2O7. The Balaban J connectivity index is 0. The number of carboxylic acid groups (broad SMARTS) is 3. The van der Waals surface area contributed by atoms with Crippen LogP contribution in [-0.4, -0.2) is 63.6 Å². The molecule has 0 radical (unpaired) electrons. The Morgan fingerprint density at radius 3 is 2.00 bits per heavy atom. The van der Waals surface area contributed by atoms with Gasteiger partial charge >= 0.3 is 17.9 Å². The topological polar surface area (TPSA) is 170 Å². The number of hydrogen-bond acceptors (Lipinski definition) is 6. The largest absolute Gasteiger partial charge is 0.481 e. The zero-order chi connectivity index (χ0) is 16.8. The molecule has 0 unspecified atom stereocenters. The minimum atomic E-state index is -1.17. The molecule has 0 aromatic carbocycles. The fraction of sp³-hybridized carbons (Fsp3) is 0.750. The summed E-state index contributed by atoms with van der Waals surface area (Å²) in [7, 11) is 0. The van der Waals surface area contributed by atoms with Crippen molar-refractivity contribution in [3.8, 4) is 0 Å². The van der Waals surface area contributed by atoms with E-state index in [9.17, 15) is 14.4 Å². The maximum Gasteiger partial charge on any atom is 0.320 e. The van der Waals surface area contributed by atoms with Gasteiger partial charge in [-0.15, -0.1) is 0 Å². The Morgan fingerprint density at radius 2 is 1.67 bits per heavy atom. The van der Waals surface area contributed by atoms with Gasteiger partial charge in [0.2, 0.25) is 0 Å². The number of aliphatic hydroxyl groups is 1. The molecule has 0 spiro atoms. The molecule has 0 aliphatic carbocycles. The van der Waals surface area contributed by atoms with Crippen LogP contribution in [0.1, 0.15) is 32.6 Å². The third-order valence-corrected chi connectivity index (χ3v) is 2.34. The highest BCUT2D eigenvalue weighted by molar-refractivity contribution is 5.74. The van der Waals surface area contributed by atoms with E-state index in [0.29, 0.717) is 6.54 Å². The third kappa shape index (κ3) is 14.5. The van der Waals surface area contributed by atoms with Crippen molar-refractivity contribution in [3.05, 3.63) is 0 Å². The molecular weight excluding hydrogens is 284 g/mol. The number of hydrogen-bond donors (Lipinski definition) is 6. The van der Waals surface area contributed by atoms with E-state index in [1.165, 1.54) is 0 Å². The third-order valence-electron chi connectivity index (χ3n) is 2.34. The van der Waals surface area contributed by atoms with Gasteiger partial charge in [0.05, 0.1) is 0 Å². The fourth-order valence-corrected chi connectivity index (χ4v) is 1.16. The zero-order valence-corrected chi connectivity index (χ0v) is 12.0. The van der Waals surface area contributed by atoms with E-state index < -0.39 is 30.0 Å². The van der Waals surface area contributed by atoms with Gasteiger partial charge in [0.15, 0.2) is 0 Å². The van der Waals surface area contributed by atoms with Crippen LogP contribution in [0.15, 0.2) is 0 Å². The van der Waals surface area contributed by atoms with E-state index in [-0.39, 0.29) is 25.9 Å². The lowest BCUT2D eigenvalue weighted by Crippen LogP contribution is -2.37. The van der Waals surface area contributed by atoms with Crippen molar-refractivity contribution < 1.29 is 34.8 Å². The molecule has 21 heavy (non-hydrogen) atoms. The average Bonchev–Trinajstić information content (AvgIpc) is 2.40. The molecule has 0 amide bonds. The summed E-state index contributed by atoms with van der Waals surface area (Å²) in [5.74, 6) is -3.09. The molecule has 9 nitrogen and oxygen atoms in total. The normalized spacial score (nSPS) is 12.7. The molecule has 0 saturated heterocycles. The van der Waals surface area contributed by atoms with Gasteiger partial charge in [-0.2, -0.15) is 0 Å². The summed E-state index contributed by atoms with van der Waals surface area (Å²) < 4.78 is 0. The van der Waals surface area contributed by atoms with Crippen molar-refractivity contribution in [2.75, 3.05) is 13.2 Å². The quantitative estimate of drug-likeness (QED) is 0.299. The van der Waals surface area contributed by atoms with Crippen molar-refractivity contribution >= 4 is 17.9 Å². The molecule has 0 fully saturated rings. The second-order valence-corrected chi connectivity index (χ2v) is 4.23. The van der Waals surface area contributed by atoms with Gasteiger partial charge < -0.3 is 31.5 Å². The van der Waals surface area contributed by atoms with Crippen molar-refractivity contribution in [3.63, 3.8) is 0 Å². The van der Waals surface area contributed by atoms with Crippen LogP contribution in [0.3, 0.4) is 0 Å². The lowest BCUT2D eigenvalue weighted by Gasteiger charge is -2.11. The summed E-state index contributed by atoms with van der Waals surface area (Å²) in [4.78, 5) is 30.3. The predicted molar refractivity (Wildman–Crippen MR) is 73.9 cm³/mol. The Hall–Kier alpha value is -1.71. The lowest BCUT2D eigenvalue weighted by molar-refractivity contribution is -0.141. The van der Waals surface area contributed by atoms with Crippen molar-refractivity contribution in [1.82, 2.24) is 5.32 Å². The summed E-state index contributed by atoms with van der Waals surface area (Å²) in [6.07, 6.45) is 0.947. The first-order chi connectivity index (χ1) is 9.76. The zero-order valence-electron chi connectivity index (χ0n) is 12.0. The van der Waals surface area contributed by atoms with Crippen molar-refractivity contribution in [2.45, 2.75) is 44.7 Å². The Labute approximate surface area is 122 Å². The van der Waals surface area contributed by atoms with E-state index in [4.69, 9.17) is 26.2 Å². The molecule has 9 heteroatoms. The van der Waals surface area contributed by atoms with Crippen LogP contribution >= 0.6 is 0 Å². The summed E-state index contributed by atoms with van der Waals surface area (Å²) >= 11 is 0. The van der Waals surface area contributed by atoms with Gasteiger partial charge in [-0.05, 0) is 25.8 Å². The number of nitrogens with two attached hydrogens (primary N) is 1. The number of aliphatic carboxylic acids is 3. The van der Waals surface area contributed by atoms with Gasteiger partial charge in [0, 0.05) is 13.0 Å². The monoisotopic (exact) mass is 308 g/mol. The van der Waals surface area contributed by atoms with Crippen LogP contribution in [0.25, 0.3) is 0 Å². The standard InChI is InChI=1S/C7H15NO3.C5H9NO4/c1-2-4-8-6(3-5-9)7(10)11;6-3(5(9)10)1-2-4(7)8/h6,8-9H,2-5H2,1H3,(H,10,11);3H,1-2,6H2,(H,7,8)(H,9,10)/t6-;3-/m00/s1. The first kappa shape index (κ1) is 21.6. The van der Waals surface area contributed by atoms with Crippen LogP contribution in [0, 0.1) is 0 Å². The molecule has 0 aromatic rings. The minimum absolute atomic E-state index is 0.0231. The first-order valence-corrected chi connectivity index (χ1v) is 6.53. The lowest BCUT2D eigenvalue weighted by atomic mass is 10.2. The van der Waals surface area contributed by atoms with Gasteiger partial charge in [0.25, 0.3) is 0 Å². The van der Waals surface area contributed by atoms with E-state index in [1.54, 1.807) is 0 Å². The van der Waals surface area contributed by atoms with Crippen LogP contribution in [0.4, 0.5) is 0 Å². The highest BCUT2D eigenvalue weighted by Crippen LogP contribution is 1.93. The molecule has 0 heterocycles. The van der Waals surface area contributed by atoms with Crippen molar-refractivity contribution in [1.29, 1.82) is 0 Å². The second kappa shape index (κ2) is 13.3. The Bertz CT molecular complexity index is 323. The molecule has 0 aromatic heterocycles. The number of carbonyl (C=O) groups is 3. The fourth-order valence-electron chi connectivity index (χ4n) is 1.16. The Kier molecular flexibility index (Phi) is 13.7. The molecule has 0 saturated carbocycles. The molecule has 0 aliphatic heterocycles. The molecule has 0 rings (SSSR count). The molecule has 0 aliphatic rings. The molecule has 0 bridgehead atoms. The minimum Gasteiger partial charge on any atom is -0.481 e. The van der Waals surface area contributed by atoms with E-state index in [1.807, 2.05) is 6.92 Å². The van der Waals surface area contributed by atoms with Crippen LogP contribution < -0.4 is 11.1 Å². The van der Waals surface area contributed by atoms with Crippen molar-refractivity contribution in [2.24, 2.45) is 5.73 Å². The summed E-state index contributed by atoms with van der Waals surface area (Å²) in [6, 6.07) is -1.66. The smallest absolute Gasteiger partial charge is 0.320 e. The molecule has 124 valence electrons. The highest BCUT2D eigenvalue weighted by atomic mass is 16.4. The van der Waals surface area contributed by atoms with Gasteiger partial charge in [-0.25, -0.2) is 0 Å². The summed E-state index contributed by atoms with van der Waals surface area (Å²) in [6.45, 7) is 2.55. The van der Waals surface area contributed by atoms with Crippen LogP contribution in [-0.2, 0) is 14.4 Å². The number of carboxylic acids is 3. The summed E-state index contributed by atoms with van der Waals surface area (Å²) in [5, 5.41) is 36.1. The number of aliphatic hydroxyl groups excluding tert-OH is 1. The molecule has 7 N–H and O–H groups in total. The highest BCUT2D eigenvalue weighted by Gasteiger charge is 2.14. The van der Waals surface area contributed by atoms with Gasteiger partial charge in [-0.1, -0.05) is 6.92 Å². The van der Waals surface area contributed by atoms with E-state index >= 15 is 0 Å². The van der Waals surface area contributed by atoms with Gasteiger partial charge in [0.1, 0.15) is 12.1 Å². The summed E-state index contributed by atoms with van der Waals surface area (Å²) in [5.41, 5.74) is 5.00. The van der Waals surface area contributed by atoms with Crippen LogP contribution in [0.2, 0.25) is 0 Å². The number of rotatable bonds is 10. The number of nitrogens with one attached hydrogen (secondary N) is 1. The van der Waals surface area contributed by atoms with E-state index in [2.05, 4.69) is 5.32 Å². The maximum atomic E-state index is 10.4. The SMILES string of the molecule is CCCN[C@@H](CCO)C(=O)O.N[C@@H](CCC(=O)O)C(=O)O. The predicted octanol–water partition coefficient (Wildman–Crippen LogP) is -0.915.